The molecular weight excluding hydrogens is 186 g/mol. The fourth-order valence-corrected chi connectivity index (χ4v) is 1.88. The van der Waals surface area contributed by atoms with Crippen LogP contribution in [0.1, 0.15) is 29.9 Å². The van der Waals surface area contributed by atoms with Gasteiger partial charge in [-0.25, -0.2) is 0 Å². The lowest BCUT2D eigenvalue weighted by atomic mass is 9.92. The summed E-state index contributed by atoms with van der Waals surface area (Å²) in [5.74, 6) is 0.474. The standard InChI is InChI=1S/C13H21NO/c1-11-4-3-5-13(10-11)12(7-9-15)6-8-14-2/h3-5,10,12,14-15H,6-9H2,1-2H3. The van der Waals surface area contributed by atoms with E-state index in [0.717, 1.165) is 19.4 Å². The van der Waals surface area contributed by atoms with Crippen LogP contribution in [0.2, 0.25) is 0 Å². The van der Waals surface area contributed by atoms with E-state index in [4.69, 9.17) is 5.11 Å². The minimum absolute atomic E-state index is 0.266. The molecule has 0 aliphatic carbocycles. The monoisotopic (exact) mass is 207 g/mol. The van der Waals surface area contributed by atoms with Crippen LogP contribution in [0.4, 0.5) is 0 Å². The number of aryl methyl sites for hydroxylation is 1. The Hall–Kier alpha value is -0.860. The molecule has 2 N–H and O–H groups in total. The average Bonchev–Trinajstić information content (AvgIpc) is 2.24. The van der Waals surface area contributed by atoms with Crippen molar-refractivity contribution < 1.29 is 5.11 Å². The minimum atomic E-state index is 0.266. The first-order valence-electron chi connectivity index (χ1n) is 5.60. The lowest BCUT2D eigenvalue weighted by Gasteiger charge is -2.16. The van der Waals surface area contributed by atoms with Gasteiger partial charge in [0.15, 0.2) is 0 Å². The van der Waals surface area contributed by atoms with Crippen LogP contribution in [0.25, 0.3) is 0 Å². The van der Waals surface area contributed by atoms with E-state index in [0.29, 0.717) is 5.92 Å². The summed E-state index contributed by atoms with van der Waals surface area (Å²) >= 11 is 0. The number of rotatable bonds is 6. The van der Waals surface area contributed by atoms with Gasteiger partial charge in [0.05, 0.1) is 0 Å². The molecule has 0 aliphatic heterocycles. The first-order chi connectivity index (χ1) is 7.27. The van der Waals surface area contributed by atoms with Crippen LogP contribution in [0.3, 0.4) is 0 Å². The van der Waals surface area contributed by atoms with Gasteiger partial charge in [-0.3, -0.25) is 0 Å². The van der Waals surface area contributed by atoms with Crippen LogP contribution in [0, 0.1) is 6.92 Å². The Morgan fingerprint density at radius 1 is 1.33 bits per heavy atom. The number of nitrogens with one attached hydrogen (secondary N) is 1. The van der Waals surface area contributed by atoms with Gasteiger partial charge >= 0.3 is 0 Å². The van der Waals surface area contributed by atoms with Gasteiger partial charge in [0.25, 0.3) is 0 Å². The van der Waals surface area contributed by atoms with Crippen molar-refractivity contribution in [3.8, 4) is 0 Å². The van der Waals surface area contributed by atoms with Gasteiger partial charge in [-0.2, -0.15) is 0 Å². The van der Waals surface area contributed by atoms with Gasteiger partial charge in [0, 0.05) is 6.61 Å². The zero-order valence-corrected chi connectivity index (χ0v) is 9.66. The van der Waals surface area contributed by atoms with Gasteiger partial charge in [0.2, 0.25) is 0 Å². The number of benzene rings is 1. The topological polar surface area (TPSA) is 32.3 Å². The Kier molecular flexibility index (Phi) is 5.37. The molecule has 0 spiro atoms. The van der Waals surface area contributed by atoms with E-state index in [1.54, 1.807) is 0 Å². The smallest absolute Gasteiger partial charge is 0.0436 e. The predicted octanol–water partition coefficient (Wildman–Crippen LogP) is 2.07. The Morgan fingerprint density at radius 2 is 2.13 bits per heavy atom. The Bertz CT molecular complexity index is 286. The second kappa shape index (κ2) is 6.59. The van der Waals surface area contributed by atoms with Crippen molar-refractivity contribution in [2.45, 2.75) is 25.7 Å². The molecule has 0 saturated carbocycles. The van der Waals surface area contributed by atoms with E-state index < -0.39 is 0 Å². The van der Waals surface area contributed by atoms with Crippen molar-refractivity contribution in [2.75, 3.05) is 20.2 Å². The Labute approximate surface area is 92.3 Å². The molecule has 0 fully saturated rings. The van der Waals surface area contributed by atoms with Crippen LogP contribution in [0.15, 0.2) is 24.3 Å². The Balaban J connectivity index is 2.69. The fraction of sp³-hybridized carbons (Fsp3) is 0.538. The molecule has 15 heavy (non-hydrogen) atoms. The lowest BCUT2D eigenvalue weighted by molar-refractivity contribution is 0.272. The summed E-state index contributed by atoms with van der Waals surface area (Å²) in [5.41, 5.74) is 2.64. The van der Waals surface area contributed by atoms with E-state index in [-0.39, 0.29) is 6.61 Å². The van der Waals surface area contributed by atoms with Gasteiger partial charge in [-0.05, 0) is 44.8 Å². The van der Waals surface area contributed by atoms with Crippen molar-refractivity contribution in [2.24, 2.45) is 0 Å². The molecule has 1 rings (SSSR count). The molecule has 0 amide bonds. The van der Waals surface area contributed by atoms with Gasteiger partial charge in [-0.1, -0.05) is 29.8 Å². The van der Waals surface area contributed by atoms with E-state index in [1.807, 2.05) is 7.05 Å². The summed E-state index contributed by atoms with van der Waals surface area (Å²) in [5, 5.41) is 12.2. The maximum Gasteiger partial charge on any atom is 0.0436 e. The van der Waals surface area contributed by atoms with Crippen molar-refractivity contribution in [1.29, 1.82) is 0 Å². The zero-order chi connectivity index (χ0) is 11.1. The lowest BCUT2D eigenvalue weighted by Crippen LogP contribution is -2.13. The fourth-order valence-electron chi connectivity index (χ4n) is 1.88. The number of hydrogen-bond acceptors (Lipinski definition) is 2. The maximum atomic E-state index is 9.05. The molecule has 2 nitrogen and oxygen atoms in total. The van der Waals surface area contributed by atoms with E-state index >= 15 is 0 Å². The number of hydrogen-bond donors (Lipinski definition) is 2. The summed E-state index contributed by atoms with van der Waals surface area (Å²) in [7, 11) is 1.96. The molecule has 1 atom stereocenters. The van der Waals surface area contributed by atoms with Crippen LogP contribution >= 0.6 is 0 Å². The molecular formula is C13H21NO. The summed E-state index contributed by atoms with van der Waals surface area (Å²) in [6, 6.07) is 8.57. The van der Waals surface area contributed by atoms with Gasteiger partial charge in [0.1, 0.15) is 0 Å². The predicted molar refractivity (Wildman–Crippen MR) is 64.2 cm³/mol. The molecule has 0 radical (unpaired) electrons. The third kappa shape index (κ3) is 4.02. The third-order valence-electron chi connectivity index (χ3n) is 2.73. The van der Waals surface area contributed by atoms with Gasteiger partial charge < -0.3 is 10.4 Å². The van der Waals surface area contributed by atoms with E-state index in [1.165, 1.54) is 11.1 Å². The van der Waals surface area contributed by atoms with Crippen LogP contribution in [0.5, 0.6) is 0 Å². The highest BCUT2D eigenvalue weighted by Crippen LogP contribution is 2.23. The molecule has 0 bridgehead atoms. The molecule has 84 valence electrons. The second-order valence-electron chi connectivity index (χ2n) is 4.02. The summed E-state index contributed by atoms with van der Waals surface area (Å²) < 4.78 is 0. The molecule has 1 unspecified atom stereocenters. The van der Waals surface area contributed by atoms with Crippen molar-refractivity contribution >= 4 is 0 Å². The highest BCUT2D eigenvalue weighted by atomic mass is 16.3. The van der Waals surface area contributed by atoms with E-state index in [9.17, 15) is 0 Å². The minimum Gasteiger partial charge on any atom is -0.396 e. The van der Waals surface area contributed by atoms with Crippen LogP contribution < -0.4 is 5.32 Å². The summed E-state index contributed by atoms with van der Waals surface area (Å²) in [6.07, 6.45) is 1.94. The molecule has 0 aliphatic rings. The average molecular weight is 207 g/mol. The van der Waals surface area contributed by atoms with Crippen LogP contribution in [-0.2, 0) is 0 Å². The molecule has 0 saturated heterocycles. The third-order valence-corrected chi connectivity index (χ3v) is 2.73. The summed E-state index contributed by atoms with van der Waals surface area (Å²) in [4.78, 5) is 0. The first-order valence-corrected chi connectivity index (χ1v) is 5.60. The summed E-state index contributed by atoms with van der Waals surface area (Å²) in [6.45, 7) is 3.37. The highest BCUT2D eigenvalue weighted by Gasteiger charge is 2.10. The molecule has 1 aromatic carbocycles. The SMILES string of the molecule is CNCCC(CCO)c1cccc(C)c1. The second-order valence-corrected chi connectivity index (χ2v) is 4.02. The number of aliphatic hydroxyl groups is 1. The highest BCUT2D eigenvalue weighted by molar-refractivity contribution is 5.25. The van der Waals surface area contributed by atoms with Crippen molar-refractivity contribution in [1.82, 2.24) is 5.32 Å². The van der Waals surface area contributed by atoms with Crippen LogP contribution in [-0.4, -0.2) is 25.3 Å². The molecule has 1 aromatic rings. The normalized spacial score (nSPS) is 12.7. The largest absolute Gasteiger partial charge is 0.396 e. The molecule has 0 aromatic heterocycles. The van der Waals surface area contributed by atoms with Crippen molar-refractivity contribution in [3.63, 3.8) is 0 Å². The maximum absolute atomic E-state index is 9.05. The number of aliphatic hydroxyl groups excluding tert-OH is 1. The molecule has 0 heterocycles. The van der Waals surface area contributed by atoms with E-state index in [2.05, 4.69) is 36.5 Å². The van der Waals surface area contributed by atoms with Gasteiger partial charge in [-0.15, -0.1) is 0 Å². The zero-order valence-electron chi connectivity index (χ0n) is 9.66. The Morgan fingerprint density at radius 3 is 2.73 bits per heavy atom. The van der Waals surface area contributed by atoms with Crippen molar-refractivity contribution in [3.05, 3.63) is 35.4 Å². The molecule has 2 heteroatoms. The quantitative estimate of drug-likeness (QED) is 0.748. The first kappa shape index (κ1) is 12.2.